The van der Waals surface area contributed by atoms with E-state index in [2.05, 4.69) is 15.2 Å². The van der Waals surface area contributed by atoms with Crippen molar-refractivity contribution in [2.75, 3.05) is 32.7 Å². The van der Waals surface area contributed by atoms with E-state index in [1.165, 1.54) is 19.0 Å². The average Bonchev–Trinajstić information content (AvgIpc) is 3.25. The minimum atomic E-state index is -4.36. The molecular weight excluding hydrogens is 317 g/mol. The first-order chi connectivity index (χ1) is 11.5. The molecule has 0 aliphatic carbocycles. The maximum absolute atomic E-state index is 13.0. The lowest BCUT2D eigenvalue weighted by molar-refractivity contribution is -0.141. The molecule has 1 aromatic heterocycles. The van der Waals surface area contributed by atoms with Gasteiger partial charge < -0.3 is 14.8 Å². The fourth-order valence-electron chi connectivity index (χ4n) is 3.41. The number of aromatic nitrogens is 2. The van der Waals surface area contributed by atoms with Crippen LogP contribution in [0.3, 0.4) is 0 Å². The van der Waals surface area contributed by atoms with Crippen molar-refractivity contribution in [3.8, 4) is 0 Å². The van der Waals surface area contributed by atoms with Gasteiger partial charge in [0.25, 0.3) is 0 Å². The lowest BCUT2D eigenvalue weighted by Crippen LogP contribution is -2.29. The largest absolute Gasteiger partial charge is 0.434 e. The second-order valence-corrected chi connectivity index (χ2v) is 6.25. The molecule has 0 saturated carbocycles. The summed E-state index contributed by atoms with van der Waals surface area (Å²) >= 11 is 0. The second-order valence-electron chi connectivity index (χ2n) is 6.25. The Morgan fingerprint density at radius 1 is 1.12 bits per heavy atom. The van der Waals surface area contributed by atoms with Gasteiger partial charge in [0, 0.05) is 25.2 Å². The Morgan fingerprint density at radius 2 is 1.75 bits per heavy atom. The van der Waals surface area contributed by atoms with Crippen LogP contribution in [-0.2, 0) is 12.7 Å². The zero-order valence-electron chi connectivity index (χ0n) is 14.7. The summed E-state index contributed by atoms with van der Waals surface area (Å²) in [4.78, 5) is 6.26. The summed E-state index contributed by atoms with van der Waals surface area (Å²) in [5.74, 6) is 0.754. The maximum atomic E-state index is 13.0. The number of nitrogens with zero attached hydrogens (tertiary/aromatic N) is 3. The maximum Gasteiger partial charge on any atom is 0.434 e. The Hall–Kier alpha value is -1.08. The SMILES string of the molecule is CC.FC(F)(F)c1cn(CCN2CCCC2)c(C2CCNCC2)n1. The first-order valence-electron chi connectivity index (χ1n) is 9.11. The third-order valence-electron chi connectivity index (χ3n) is 4.66. The van der Waals surface area contributed by atoms with Crippen LogP contribution in [0.1, 0.15) is 57.0 Å². The predicted octanol–water partition coefficient (Wildman–Crippen LogP) is 3.49. The molecule has 1 N–H and O–H groups in total. The highest BCUT2D eigenvalue weighted by Gasteiger charge is 2.36. The van der Waals surface area contributed by atoms with Crippen molar-refractivity contribution in [2.24, 2.45) is 0 Å². The van der Waals surface area contributed by atoms with Crippen molar-refractivity contribution in [1.82, 2.24) is 19.8 Å². The molecule has 0 aromatic carbocycles. The summed E-state index contributed by atoms with van der Waals surface area (Å²) in [6.45, 7) is 9.23. The van der Waals surface area contributed by atoms with Crippen LogP contribution in [0.5, 0.6) is 0 Å². The van der Waals surface area contributed by atoms with Crippen molar-refractivity contribution < 1.29 is 13.2 Å². The highest BCUT2D eigenvalue weighted by atomic mass is 19.4. The smallest absolute Gasteiger partial charge is 0.333 e. The Kier molecular flexibility index (Phi) is 7.10. The van der Waals surface area contributed by atoms with Gasteiger partial charge in [0.2, 0.25) is 0 Å². The number of likely N-dealkylation sites (tertiary alicyclic amines) is 1. The van der Waals surface area contributed by atoms with Gasteiger partial charge in [0.15, 0.2) is 5.69 Å². The van der Waals surface area contributed by atoms with Gasteiger partial charge in [-0.2, -0.15) is 13.2 Å². The van der Waals surface area contributed by atoms with E-state index in [-0.39, 0.29) is 5.92 Å². The van der Waals surface area contributed by atoms with E-state index in [1.807, 2.05) is 13.8 Å². The standard InChI is InChI=1S/C15H23F3N4.C2H6/c16-15(17,18)13-11-22(10-9-21-7-1-2-8-21)14(20-13)12-3-5-19-6-4-12;1-2/h11-12,19H,1-10H2;1-2H3. The van der Waals surface area contributed by atoms with E-state index >= 15 is 0 Å². The predicted molar refractivity (Wildman–Crippen MR) is 89.1 cm³/mol. The number of hydrogen-bond acceptors (Lipinski definition) is 3. The van der Waals surface area contributed by atoms with Gasteiger partial charge in [-0.15, -0.1) is 0 Å². The first-order valence-corrected chi connectivity index (χ1v) is 9.11. The Bertz CT molecular complexity index is 487. The van der Waals surface area contributed by atoms with Crippen LogP contribution < -0.4 is 5.32 Å². The molecule has 2 aliphatic rings. The van der Waals surface area contributed by atoms with E-state index in [1.54, 1.807) is 4.57 Å². The van der Waals surface area contributed by atoms with Gasteiger partial charge in [-0.25, -0.2) is 4.98 Å². The number of halogens is 3. The van der Waals surface area contributed by atoms with Crippen LogP contribution >= 0.6 is 0 Å². The molecular formula is C17H29F3N4. The molecule has 7 heteroatoms. The second kappa shape index (κ2) is 8.85. The van der Waals surface area contributed by atoms with Gasteiger partial charge in [0.1, 0.15) is 5.82 Å². The fraction of sp³-hybridized carbons (Fsp3) is 0.824. The number of imidazole rings is 1. The molecule has 0 spiro atoms. The molecule has 0 amide bonds. The molecule has 0 radical (unpaired) electrons. The molecule has 3 rings (SSSR count). The van der Waals surface area contributed by atoms with Crippen LogP contribution in [0, 0.1) is 0 Å². The number of piperidine rings is 1. The molecule has 2 fully saturated rings. The van der Waals surface area contributed by atoms with Gasteiger partial charge in [-0.05, 0) is 51.9 Å². The van der Waals surface area contributed by atoms with E-state index in [4.69, 9.17) is 0 Å². The third kappa shape index (κ3) is 4.96. The van der Waals surface area contributed by atoms with E-state index in [0.717, 1.165) is 45.6 Å². The molecule has 2 aliphatic heterocycles. The monoisotopic (exact) mass is 346 g/mol. The van der Waals surface area contributed by atoms with Crippen molar-refractivity contribution in [1.29, 1.82) is 0 Å². The van der Waals surface area contributed by atoms with Crippen molar-refractivity contribution >= 4 is 0 Å². The van der Waals surface area contributed by atoms with Gasteiger partial charge in [-0.3, -0.25) is 0 Å². The molecule has 0 bridgehead atoms. The van der Waals surface area contributed by atoms with Crippen LogP contribution in [0.2, 0.25) is 0 Å². The van der Waals surface area contributed by atoms with E-state index in [0.29, 0.717) is 12.4 Å². The lowest BCUT2D eigenvalue weighted by atomic mass is 9.97. The van der Waals surface area contributed by atoms with Gasteiger partial charge >= 0.3 is 6.18 Å². The highest BCUT2D eigenvalue weighted by molar-refractivity contribution is 5.12. The van der Waals surface area contributed by atoms with Crippen LogP contribution in [-0.4, -0.2) is 47.2 Å². The Labute approximate surface area is 142 Å². The Balaban J connectivity index is 0.00000100. The lowest BCUT2D eigenvalue weighted by Gasteiger charge is -2.24. The molecule has 1 aromatic rings. The summed E-state index contributed by atoms with van der Waals surface area (Å²) in [6, 6.07) is 0. The topological polar surface area (TPSA) is 33.1 Å². The Morgan fingerprint density at radius 3 is 2.33 bits per heavy atom. The number of hydrogen-bond donors (Lipinski definition) is 1. The summed E-state index contributed by atoms with van der Waals surface area (Å²) in [5, 5.41) is 3.25. The normalized spacial score (nSPS) is 20.0. The van der Waals surface area contributed by atoms with Crippen molar-refractivity contribution in [3.05, 3.63) is 17.7 Å². The molecule has 24 heavy (non-hydrogen) atoms. The number of rotatable bonds is 4. The van der Waals surface area contributed by atoms with Crippen molar-refractivity contribution in [3.63, 3.8) is 0 Å². The molecule has 0 unspecified atom stereocenters. The number of alkyl halides is 3. The minimum absolute atomic E-state index is 0.135. The third-order valence-corrected chi connectivity index (χ3v) is 4.66. The van der Waals surface area contributed by atoms with E-state index in [9.17, 15) is 13.2 Å². The molecule has 3 heterocycles. The van der Waals surface area contributed by atoms with Gasteiger partial charge in [-0.1, -0.05) is 13.8 Å². The molecule has 2 saturated heterocycles. The quantitative estimate of drug-likeness (QED) is 0.906. The summed E-state index contributed by atoms with van der Waals surface area (Å²) in [7, 11) is 0. The average molecular weight is 346 g/mol. The molecule has 4 nitrogen and oxygen atoms in total. The van der Waals surface area contributed by atoms with Crippen LogP contribution in [0.15, 0.2) is 6.20 Å². The van der Waals surface area contributed by atoms with Gasteiger partial charge in [0.05, 0.1) is 0 Å². The fourth-order valence-corrected chi connectivity index (χ4v) is 3.41. The van der Waals surface area contributed by atoms with Crippen LogP contribution in [0.25, 0.3) is 0 Å². The molecule has 138 valence electrons. The molecule has 0 atom stereocenters. The zero-order chi connectivity index (χ0) is 17.6. The van der Waals surface area contributed by atoms with E-state index < -0.39 is 11.9 Å². The summed E-state index contributed by atoms with van der Waals surface area (Å²) in [6.07, 6.45) is 0.946. The summed E-state index contributed by atoms with van der Waals surface area (Å²) in [5.41, 5.74) is -0.748. The van der Waals surface area contributed by atoms with Crippen LogP contribution in [0.4, 0.5) is 13.2 Å². The number of nitrogens with one attached hydrogen (secondary N) is 1. The minimum Gasteiger partial charge on any atom is -0.333 e. The van der Waals surface area contributed by atoms with Crippen molar-refractivity contribution in [2.45, 2.75) is 58.2 Å². The summed E-state index contributed by atoms with van der Waals surface area (Å²) < 4.78 is 40.7. The first kappa shape index (κ1) is 19.2. The highest BCUT2D eigenvalue weighted by Crippen LogP contribution is 2.32. The zero-order valence-corrected chi connectivity index (χ0v) is 14.7.